The first-order valence-corrected chi connectivity index (χ1v) is 7.74. The first-order chi connectivity index (χ1) is 9.07. The van der Waals surface area contributed by atoms with Crippen LogP contribution in [0.1, 0.15) is 25.8 Å². The number of carbonyl (C=O) groups is 1. The van der Waals surface area contributed by atoms with Crippen molar-refractivity contribution in [3.05, 3.63) is 35.9 Å². The van der Waals surface area contributed by atoms with Crippen molar-refractivity contribution in [2.24, 2.45) is 5.92 Å². The number of benzene rings is 1. The second-order valence-electron chi connectivity index (χ2n) is 5.38. The van der Waals surface area contributed by atoms with Gasteiger partial charge in [-0.15, -0.1) is 0 Å². The number of halogens is 1. The van der Waals surface area contributed by atoms with Crippen molar-refractivity contribution in [2.45, 2.75) is 31.9 Å². The van der Waals surface area contributed by atoms with Crippen molar-refractivity contribution in [2.75, 3.05) is 11.9 Å². The fraction of sp³-hybridized carbons (Fsp3) is 0.533. The molecule has 19 heavy (non-hydrogen) atoms. The van der Waals surface area contributed by atoms with Crippen molar-refractivity contribution < 1.29 is 9.53 Å². The summed E-state index contributed by atoms with van der Waals surface area (Å²) in [6, 6.07) is 10.00. The Bertz CT molecular complexity index is 437. The Morgan fingerprint density at radius 3 is 2.68 bits per heavy atom. The number of alkyl halides is 1. The molecule has 1 aliphatic heterocycles. The summed E-state index contributed by atoms with van der Waals surface area (Å²) in [4.78, 5) is 12.3. The molecule has 1 fully saturated rings. The van der Waals surface area contributed by atoms with Gasteiger partial charge in [-0.2, -0.15) is 0 Å². The Balaban J connectivity index is 2.12. The molecule has 0 radical (unpaired) electrons. The van der Waals surface area contributed by atoms with Gasteiger partial charge in [0.05, 0.1) is 5.54 Å². The van der Waals surface area contributed by atoms with Crippen LogP contribution < -0.4 is 5.32 Å². The molecule has 104 valence electrons. The largest absolute Gasteiger partial charge is 0.368 e. The summed E-state index contributed by atoms with van der Waals surface area (Å²) in [6.45, 7) is 4.76. The fourth-order valence-corrected chi connectivity index (χ4v) is 2.83. The van der Waals surface area contributed by atoms with Gasteiger partial charge in [0.25, 0.3) is 0 Å². The number of hydrogen-bond acceptors (Lipinski definition) is 2. The first-order valence-electron chi connectivity index (χ1n) is 6.62. The number of rotatable bonds is 4. The lowest BCUT2D eigenvalue weighted by Gasteiger charge is -2.31. The molecule has 0 saturated carbocycles. The molecule has 3 unspecified atom stereocenters. The number of ether oxygens (including phenoxy) is 1. The van der Waals surface area contributed by atoms with Crippen molar-refractivity contribution in [1.29, 1.82) is 0 Å². The molecule has 1 aliphatic rings. The van der Waals surface area contributed by atoms with Crippen LogP contribution in [-0.4, -0.2) is 23.9 Å². The van der Waals surface area contributed by atoms with Crippen molar-refractivity contribution >= 4 is 21.8 Å². The summed E-state index contributed by atoms with van der Waals surface area (Å²) in [5.74, 6) is 0.270. The second kappa shape index (κ2) is 6.06. The van der Waals surface area contributed by atoms with Crippen LogP contribution in [0, 0.1) is 5.92 Å². The molecule has 3 atom stereocenters. The third-order valence-electron chi connectivity index (χ3n) is 3.72. The quantitative estimate of drug-likeness (QED) is 0.864. The predicted octanol–water partition coefficient (Wildman–Crippen LogP) is 2.84. The zero-order valence-electron chi connectivity index (χ0n) is 11.4. The fourth-order valence-electron chi connectivity index (χ4n) is 2.36. The van der Waals surface area contributed by atoms with Crippen LogP contribution in [0.2, 0.25) is 0 Å². The lowest BCUT2D eigenvalue weighted by Crippen LogP contribution is -2.49. The molecule has 1 saturated heterocycles. The van der Waals surface area contributed by atoms with Gasteiger partial charge in [-0.1, -0.05) is 53.2 Å². The minimum absolute atomic E-state index is 0.0178. The van der Waals surface area contributed by atoms with Crippen LogP contribution in [0.25, 0.3) is 0 Å². The predicted molar refractivity (Wildman–Crippen MR) is 79.3 cm³/mol. The van der Waals surface area contributed by atoms with E-state index in [9.17, 15) is 4.79 Å². The highest BCUT2D eigenvalue weighted by Crippen LogP contribution is 2.26. The van der Waals surface area contributed by atoms with Crippen LogP contribution in [0.5, 0.6) is 0 Å². The molecule has 1 heterocycles. The van der Waals surface area contributed by atoms with Crippen LogP contribution in [-0.2, 0) is 15.1 Å². The average molecular weight is 326 g/mol. The minimum Gasteiger partial charge on any atom is -0.368 e. The molecule has 2 rings (SSSR count). The number of amides is 1. The molecular formula is C15H20BrNO2. The molecule has 1 amide bonds. The normalized spacial score (nSPS) is 25.8. The summed E-state index contributed by atoms with van der Waals surface area (Å²) in [5.41, 5.74) is 0.676. The maximum atomic E-state index is 12.3. The van der Waals surface area contributed by atoms with Crippen LogP contribution in [0.15, 0.2) is 30.3 Å². The first kappa shape index (κ1) is 14.5. The number of nitrogens with one attached hydrogen (secondary N) is 1. The maximum Gasteiger partial charge on any atom is 0.250 e. The molecular weight excluding hydrogens is 306 g/mol. The Morgan fingerprint density at radius 2 is 2.16 bits per heavy atom. The summed E-state index contributed by atoms with van der Waals surface area (Å²) in [5, 5.41) is 3.78. The Morgan fingerprint density at radius 1 is 1.47 bits per heavy atom. The number of hydrogen-bond donors (Lipinski definition) is 1. The van der Waals surface area contributed by atoms with Gasteiger partial charge in [-0.05, 0) is 24.8 Å². The molecule has 0 bridgehead atoms. The smallest absolute Gasteiger partial charge is 0.250 e. The van der Waals surface area contributed by atoms with Gasteiger partial charge in [0.1, 0.15) is 6.10 Å². The van der Waals surface area contributed by atoms with Gasteiger partial charge in [0.2, 0.25) is 5.91 Å². The van der Waals surface area contributed by atoms with E-state index >= 15 is 0 Å². The summed E-state index contributed by atoms with van der Waals surface area (Å²) in [6.07, 6.45) is 0.635. The van der Waals surface area contributed by atoms with Crippen LogP contribution in [0.3, 0.4) is 0 Å². The van der Waals surface area contributed by atoms with Gasteiger partial charge < -0.3 is 10.1 Å². The van der Waals surface area contributed by atoms with Gasteiger partial charge in [-0.3, -0.25) is 4.79 Å². The molecule has 1 aromatic carbocycles. The van der Waals surface area contributed by atoms with Crippen LogP contribution >= 0.6 is 15.9 Å². The van der Waals surface area contributed by atoms with Crippen molar-refractivity contribution in [3.63, 3.8) is 0 Å². The van der Waals surface area contributed by atoms with E-state index in [-0.39, 0.29) is 17.9 Å². The highest BCUT2D eigenvalue weighted by atomic mass is 79.9. The van der Waals surface area contributed by atoms with E-state index in [1.54, 1.807) is 0 Å². The zero-order valence-corrected chi connectivity index (χ0v) is 12.9. The van der Waals surface area contributed by atoms with E-state index in [1.807, 2.05) is 37.3 Å². The highest BCUT2D eigenvalue weighted by molar-refractivity contribution is 9.09. The van der Waals surface area contributed by atoms with E-state index in [1.165, 1.54) is 0 Å². The second-order valence-corrected chi connectivity index (χ2v) is 5.94. The van der Waals surface area contributed by atoms with Gasteiger partial charge in [0, 0.05) is 11.9 Å². The average Bonchev–Trinajstić information content (AvgIpc) is 2.86. The SMILES string of the molecule is CC1CCOC1C(=O)NC(C)(CBr)c1ccccc1. The standard InChI is InChI=1S/C15H20BrNO2/c1-11-8-9-19-13(11)14(18)17-15(2,10-16)12-6-4-3-5-7-12/h3-7,11,13H,8-10H2,1-2H3,(H,17,18). The zero-order chi connectivity index (χ0) is 13.9. The molecule has 0 spiro atoms. The minimum atomic E-state index is -0.413. The third-order valence-corrected chi connectivity index (χ3v) is 4.84. The monoisotopic (exact) mass is 325 g/mol. The topological polar surface area (TPSA) is 38.3 Å². The van der Waals surface area contributed by atoms with Gasteiger partial charge in [0.15, 0.2) is 0 Å². The lowest BCUT2D eigenvalue weighted by atomic mass is 9.93. The molecule has 1 N–H and O–H groups in total. The number of carbonyl (C=O) groups excluding carboxylic acids is 1. The van der Waals surface area contributed by atoms with Gasteiger partial charge >= 0.3 is 0 Å². The Labute approximate surface area is 122 Å². The van der Waals surface area contributed by atoms with Crippen molar-refractivity contribution in [1.82, 2.24) is 5.32 Å². The van der Waals surface area contributed by atoms with E-state index in [2.05, 4.69) is 28.2 Å². The van der Waals surface area contributed by atoms with Gasteiger partial charge in [-0.25, -0.2) is 0 Å². The lowest BCUT2D eigenvalue weighted by molar-refractivity contribution is -0.133. The molecule has 3 nitrogen and oxygen atoms in total. The van der Waals surface area contributed by atoms with E-state index in [0.29, 0.717) is 11.9 Å². The molecule has 4 heteroatoms. The van der Waals surface area contributed by atoms with E-state index in [0.717, 1.165) is 12.0 Å². The Hall–Kier alpha value is -0.870. The highest BCUT2D eigenvalue weighted by Gasteiger charge is 2.35. The van der Waals surface area contributed by atoms with Crippen LogP contribution in [0.4, 0.5) is 0 Å². The Kier molecular flexibility index (Phi) is 4.63. The summed E-state index contributed by atoms with van der Waals surface area (Å²) in [7, 11) is 0. The summed E-state index contributed by atoms with van der Waals surface area (Å²) >= 11 is 3.51. The van der Waals surface area contributed by atoms with Crippen molar-refractivity contribution in [3.8, 4) is 0 Å². The molecule has 0 aliphatic carbocycles. The summed E-state index contributed by atoms with van der Waals surface area (Å²) < 4.78 is 5.53. The maximum absolute atomic E-state index is 12.3. The molecule has 0 aromatic heterocycles. The molecule has 1 aromatic rings. The van der Waals surface area contributed by atoms with E-state index < -0.39 is 5.54 Å². The van der Waals surface area contributed by atoms with E-state index in [4.69, 9.17) is 4.74 Å². The third kappa shape index (κ3) is 3.18.